The SMILES string of the molecule is CCN(CC(=O)Nc1ccon1)C(=O)Cc1ccc(F)cc1. The van der Waals surface area contributed by atoms with Crippen LogP contribution in [0.3, 0.4) is 0 Å². The molecule has 0 spiro atoms. The third kappa shape index (κ3) is 4.41. The molecule has 0 saturated carbocycles. The highest BCUT2D eigenvalue weighted by Gasteiger charge is 2.16. The number of rotatable bonds is 6. The van der Waals surface area contributed by atoms with Crippen LogP contribution in [0.5, 0.6) is 0 Å². The lowest BCUT2D eigenvalue weighted by molar-refractivity contribution is -0.133. The van der Waals surface area contributed by atoms with Crippen molar-refractivity contribution in [1.29, 1.82) is 0 Å². The summed E-state index contributed by atoms with van der Waals surface area (Å²) in [5, 5.41) is 6.09. The molecular weight excluding hydrogens is 289 g/mol. The Labute approximate surface area is 126 Å². The van der Waals surface area contributed by atoms with E-state index in [1.807, 2.05) is 0 Å². The molecule has 6 nitrogen and oxygen atoms in total. The summed E-state index contributed by atoms with van der Waals surface area (Å²) in [5.74, 6) is -0.616. The third-order valence-corrected chi connectivity index (χ3v) is 3.04. The molecule has 0 bridgehead atoms. The van der Waals surface area contributed by atoms with E-state index in [1.54, 1.807) is 19.1 Å². The largest absolute Gasteiger partial charge is 0.363 e. The van der Waals surface area contributed by atoms with Gasteiger partial charge in [0, 0.05) is 12.6 Å². The number of nitrogens with one attached hydrogen (secondary N) is 1. The first-order valence-corrected chi connectivity index (χ1v) is 6.81. The fraction of sp³-hybridized carbons (Fsp3) is 0.267. The van der Waals surface area contributed by atoms with Crippen molar-refractivity contribution in [3.63, 3.8) is 0 Å². The van der Waals surface area contributed by atoms with E-state index in [0.29, 0.717) is 17.9 Å². The van der Waals surface area contributed by atoms with Gasteiger partial charge < -0.3 is 14.7 Å². The van der Waals surface area contributed by atoms with Gasteiger partial charge in [0.15, 0.2) is 5.82 Å². The average molecular weight is 305 g/mol. The third-order valence-electron chi connectivity index (χ3n) is 3.04. The topological polar surface area (TPSA) is 75.4 Å². The predicted molar refractivity (Wildman–Crippen MR) is 77.5 cm³/mol. The standard InChI is InChI=1S/C15H16FN3O3/c1-2-19(10-14(20)17-13-7-8-22-18-13)15(21)9-11-3-5-12(16)6-4-11/h3-8H,2,9-10H2,1H3,(H,17,18,20). The van der Waals surface area contributed by atoms with Gasteiger partial charge in [0.25, 0.3) is 0 Å². The summed E-state index contributed by atoms with van der Waals surface area (Å²) in [5.41, 5.74) is 0.696. The van der Waals surface area contributed by atoms with E-state index in [1.165, 1.54) is 29.4 Å². The van der Waals surface area contributed by atoms with Gasteiger partial charge in [-0.15, -0.1) is 0 Å². The lowest BCUT2D eigenvalue weighted by Crippen LogP contribution is -2.38. The Hall–Kier alpha value is -2.70. The maximum atomic E-state index is 12.8. The molecule has 2 aromatic rings. The van der Waals surface area contributed by atoms with E-state index in [0.717, 1.165) is 0 Å². The van der Waals surface area contributed by atoms with Gasteiger partial charge in [-0.25, -0.2) is 4.39 Å². The van der Waals surface area contributed by atoms with Crippen LogP contribution in [0.1, 0.15) is 12.5 Å². The van der Waals surface area contributed by atoms with Crippen molar-refractivity contribution in [2.45, 2.75) is 13.3 Å². The summed E-state index contributed by atoms with van der Waals surface area (Å²) >= 11 is 0. The van der Waals surface area contributed by atoms with Crippen LogP contribution >= 0.6 is 0 Å². The second-order valence-corrected chi connectivity index (χ2v) is 4.64. The molecule has 0 aliphatic carbocycles. The Morgan fingerprint density at radius 3 is 2.59 bits per heavy atom. The van der Waals surface area contributed by atoms with Crippen molar-refractivity contribution < 1.29 is 18.5 Å². The van der Waals surface area contributed by atoms with Crippen LogP contribution in [0.15, 0.2) is 41.1 Å². The van der Waals surface area contributed by atoms with Gasteiger partial charge in [-0.1, -0.05) is 17.3 Å². The Morgan fingerprint density at radius 1 is 1.27 bits per heavy atom. The first-order chi connectivity index (χ1) is 10.6. The average Bonchev–Trinajstić information content (AvgIpc) is 3.00. The number of halogens is 1. The summed E-state index contributed by atoms with van der Waals surface area (Å²) in [7, 11) is 0. The zero-order valence-electron chi connectivity index (χ0n) is 12.1. The molecule has 2 amide bonds. The minimum Gasteiger partial charge on any atom is -0.363 e. The Morgan fingerprint density at radius 2 is 2.00 bits per heavy atom. The molecule has 1 heterocycles. The highest BCUT2D eigenvalue weighted by atomic mass is 19.1. The molecule has 1 aromatic heterocycles. The number of carbonyl (C=O) groups excluding carboxylic acids is 2. The van der Waals surface area contributed by atoms with Crippen LogP contribution in [0.25, 0.3) is 0 Å². The Balaban J connectivity index is 1.91. The van der Waals surface area contributed by atoms with Gasteiger partial charge in [-0.05, 0) is 24.6 Å². The number of hydrogen-bond donors (Lipinski definition) is 1. The van der Waals surface area contributed by atoms with Crippen molar-refractivity contribution in [3.05, 3.63) is 48.0 Å². The normalized spacial score (nSPS) is 10.3. The minimum absolute atomic E-state index is 0.0800. The molecule has 1 aromatic carbocycles. The lowest BCUT2D eigenvalue weighted by atomic mass is 10.1. The molecule has 0 aliphatic rings. The lowest BCUT2D eigenvalue weighted by Gasteiger charge is -2.20. The van der Waals surface area contributed by atoms with Gasteiger partial charge in [-0.2, -0.15) is 0 Å². The molecule has 1 N–H and O–H groups in total. The minimum atomic E-state index is -0.358. The zero-order chi connectivity index (χ0) is 15.9. The quantitative estimate of drug-likeness (QED) is 0.883. The van der Waals surface area contributed by atoms with Crippen molar-refractivity contribution in [3.8, 4) is 0 Å². The number of amides is 2. The van der Waals surface area contributed by atoms with Gasteiger partial charge in [0.05, 0.1) is 13.0 Å². The maximum absolute atomic E-state index is 12.8. The smallest absolute Gasteiger partial charge is 0.245 e. The molecule has 0 aliphatic heterocycles. The van der Waals surface area contributed by atoms with E-state index in [4.69, 9.17) is 0 Å². The first kappa shape index (κ1) is 15.7. The van der Waals surface area contributed by atoms with E-state index in [-0.39, 0.29) is 30.6 Å². The maximum Gasteiger partial charge on any atom is 0.245 e. The van der Waals surface area contributed by atoms with Crippen LogP contribution in [0, 0.1) is 5.82 Å². The number of hydrogen-bond acceptors (Lipinski definition) is 4. The molecule has 0 saturated heterocycles. The van der Waals surface area contributed by atoms with E-state index >= 15 is 0 Å². The molecule has 0 atom stereocenters. The fourth-order valence-electron chi connectivity index (χ4n) is 1.90. The van der Waals surface area contributed by atoms with Gasteiger partial charge >= 0.3 is 0 Å². The molecule has 7 heteroatoms. The van der Waals surface area contributed by atoms with Crippen LogP contribution in [0.2, 0.25) is 0 Å². The van der Waals surface area contributed by atoms with Gasteiger partial charge in [0.1, 0.15) is 12.1 Å². The molecule has 2 rings (SSSR count). The molecule has 0 fully saturated rings. The van der Waals surface area contributed by atoms with Crippen molar-refractivity contribution in [2.24, 2.45) is 0 Å². The molecular formula is C15H16FN3O3. The summed E-state index contributed by atoms with van der Waals surface area (Å²) in [4.78, 5) is 25.4. The summed E-state index contributed by atoms with van der Waals surface area (Å²) < 4.78 is 17.4. The summed E-state index contributed by atoms with van der Waals surface area (Å²) in [6.07, 6.45) is 1.46. The fourth-order valence-corrected chi connectivity index (χ4v) is 1.90. The Bertz CT molecular complexity index is 626. The Kier molecular flexibility index (Phi) is 5.24. The number of aromatic nitrogens is 1. The van der Waals surface area contributed by atoms with Crippen LogP contribution < -0.4 is 5.32 Å². The molecule has 0 unspecified atom stereocenters. The highest BCUT2D eigenvalue weighted by molar-refractivity contribution is 5.94. The van der Waals surface area contributed by atoms with Crippen molar-refractivity contribution in [1.82, 2.24) is 10.1 Å². The first-order valence-electron chi connectivity index (χ1n) is 6.81. The van der Waals surface area contributed by atoms with E-state index < -0.39 is 0 Å². The van der Waals surface area contributed by atoms with Crippen LogP contribution in [-0.2, 0) is 16.0 Å². The second-order valence-electron chi connectivity index (χ2n) is 4.64. The molecule has 0 radical (unpaired) electrons. The van der Waals surface area contributed by atoms with Gasteiger partial charge in [-0.3, -0.25) is 9.59 Å². The van der Waals surface area contributed by atoms with Crippen molar-refractivity contribution in [2.75, 3.05) is 18.4 Å². The highest BCUT2D eigenvalue weighted by Crippen LogP contribution is 2.06. The van der Waals surface area contributed by atoms with Crippen LogP contribution in [-0.4, -0.2) is 35.0 Å². The number of benzene rings is 1. The number of anilines is 1. The number of nitrogens with zero attached hydrogens (tertiary/aromatic N) is 2. The van der Waals surface area contributed by atoms with Crippen LogP contribution in [0.4, 0.5) is 10.2 Å². The van der Waals surface area contributed by atoms with E-state index in [9.17, 15) is 14.0 Å². The van der Waals surface area contributed by atoms with Crippen molar-refractivity contribution >= 4 is 17.6 Å². The number of likely N-dealkylation sites (N-methyl/N-ethyl adjacent to an activating group) is 1. The zero-order valence-corrected chi connectivity index (χ0v) is 12.1. The summed E-state index contributed by atoms with van der Waals surface area (Å²) in [6.45, 7) is 2.10. The second kappa shape index (κ2) is 7.35. The van der Waals surface area contributed by atoms with Gasteiger partial charge in [0.2, 0.25) is 11.8 Å². The summed E-state index contributed by atoms with van der Waals surface area (Å²) in [6, 6.07) is 7.22. The van der Waals surface area contributed by atoms with E-state index in [2.05, 4.69) is 15.0 Å². The molecule has 22 heavy (non-hydrogen) atoms. The number of carbonyl (C=O) groups is 2. The predicted octanol–water partition coefficient (Wildman–Crippen LogP) is 1.84. The monoisotopic (exact) mass is 305 g/mol. The molecule has 116 valence electrons.